The van der Waals surface area contributed by atoms with Crippen LogP contribution in [0.4, 0.5) is 0 Å². The first-order valence-corrected chi connectivity index (χ1v) is 6.83. The van der Waals surface area contributed by atoms with Gasteiger partial charge in [0.25, 0.3) is 5.91 Å². The van der Waals surface area contributed by atoms with Gasteiger partial charge >= 0.3 is 0 Å². The highest BCUT2D eigenvalue weighted by Crippen LogP contribution is 2.20. The van der Waals surface area contributed by atoms with Gasteiger partial charge in [-0.2, -0.15) is 0 Å². The SMILES string of the molecule is Cc1cccc(OC2CN(C(=O)c3coc(CN)n3)C2)c1.Cl. The molecule has 1 aliphatic heterocycles. The van der Waals surface area contributed by atoms with Crippen molar-refractivity contribution in [3.05, 3.63) is 47.7 Å². The van der Waals surface area contributed by atoms with Gasteiger partial charge < -0.3 is 19.8 Å². The third-order valence-electron chi connectivity index (χ3n) is 3.37. The van der Waals surface area contributed by atoms with Crippen molar-refractivity contribution in [3.63, 3.8) is 0 Å². The lowest BCUT2D eigenvalue weighted by Crippen LogP contribution is -2.56. The zero-order chi connectivity index (χ0) is 14.8. The van der Waals surface area contributed by atoms with E-state index in [1.807, 2.05) is 31.2 Å². The number of likely N-dealkylation sites (tertiary alicyclic amines) is 1. The lowest BCUT2D eigenvalue weighted by molar-refractivity contribution is 0.0173. The van der Waals surface area contributed by atoms with E-state index in [1.165, 1.54) is 6.26 Å². The molecule has 0 atom stereocenters. The second-order valence-electron chi connectivity index (χ2n) is 5.10. The minimum absolute atomic E-state index is 0. The quantitative estimate of drug-likeness (QED) is 0.927. The van der Waals surface area contributed by atoms with Gasteiger partial charge in [-0.1, -0.05) is 12.1 Å². The summed E-state index contributed by atoms with van der Waals surface area (Å²) in [6.45, 7) is 3.31. The van der Waals surface area contributed by atoms with Crippen molar-refractivity contribution in [2.75, 3.05) is 13.1 Å². The molecular formula is C15H18ClN3O3. The number of benzene rings is 1. The monoisotopic (exact) mass is 323 g/mol. The predicted octanol–water partition coefficient (Wildman–Crippen LogP) is 1.77. The molecule has 2 heterocycles. The third kappa shape index (κ3) is 3.40. The van der Waals surface area contributed by atoms with Crippen LogP contribution in [0.25, 0.3) is 0 Å². The summed E-state index contributed by atoms with van der Waals surface area (Å²) in [4.78, 5) is 17.8. The Bertz CT molecular complexity index is 653. The van der Waals surface area contributed by atoms with Gasteiger partial charge in [0.1, 0.15) is 18.1 Å². The van der Waals surface area contributed by atoms with Crippen LogP contribution in [-0.2, 0) is 6.54 Å². The van der Waals surface area contributed by atoms with Crippen LogP contribution in [0.1, 0.15) is 21.9 Å². The molecule has 6 nitrogen and oxygen atoms in total. The van der Waals surface area contributed by atoms with Gasteiger partial charge in [0.15, 0.2) is 5.69 Å². The van der Waals surface area contributed by atoms with Gasteiger partial charge in [0.05, 0.1) is 19.6 Å². The Morgan fingerprint density at radius 1 is 1.50 bits per heavy atom. The number of hydrogen-bond donors (Lipinski definition) is 1. The Morgan fingerprint density at radius 2 is 2.27 bits per heavy atom. The molecule has 7 heteroatoms. The van der Waals surface area contributed by atoms with E-state index in [1.54, 1.807) is 4.90 Å². The molecule has 2 N–H and O–H groups in total. The molecule has 0 unspecified atom stereocenters. The summed E-state index contributed by atoms with van der Waals surface area (Å²) in [5, 5.41) is 0. The van der Waals surface area contributed by atoms with E-state index in [4.69, 9.17) is 14.9 Å². The molecular weight excluding hydrogens is 306 g/mol. The number of nitrogens with two attached hydrogens (primary N) is 1. The van der Waals surface area contributed by atoms with Crippen LogP contribution in [0.2, 0.25) is 0 Å². The molecule has 1 amide bonds. The van der Waals surface area contributed by atoms with Crippen molar-refractivity contribution in [3.8, 4) is 5.75 Å². The first-order chi connectivity index (χ1) is 10.2. The van der Waals surface area contributed by atoms with Crippen LogP contribution in [0, 0.1) is 6.92 Å². The number of carbonyl (C=O) groups excluding carboxylic acids is 1. The minimum atomic E-state index is -0.150. The Hall–Kier alpha value is -2.05. The van der Waals surface area contributed by atoms with Crippen molar-refractivity contribution < 1.29 is 13.9 Å². The summed E-state index contributed by atoms with van der Waals surface area (Å²) < 4.78 is 10.9. The Morgan fingerprint density at radius 3 is 2.91 bits per heavy atom. The van der Waals surface area contributed by atoms with Gasteiger partial charge in [-0.15, -0.1) is 12.4 Å². The lowest BCUT2D eigenvalue weighted by atomic mass is 10.1. The third-order valence-corrected chi connectivity index (χ3v) is 3.37. The van der Waals surface area contributed by atoms with Gasteiger partial charge in [-0.25, -0.2) is 4.98 Å². The van der Waals surface area contributed by atoms with Gasteiger partial charge in [0.2, 0.25) is 5.89 Å². The fraction of sp³-hybridized carbons (Fsp3) is 0.333. The standard InChI is InChI=1S/C15H17N3O3.ClH/c1-10-3-2-4-11(5-10)21-12-7-18(8-12)15(19)13-9-20-14(6-16)17-13;/h2-5,9,12H,6-8,16H2,1H3;1H. The minimum Gasteiger partial charge on any atom is -0.487 e. The number of halogens is 1. The molecule has 0 aliphatic carbocycles. The largest absolute Gasteiger partial charge is 0.487 e. The number of aryl methyl sites for hydroxylation is 1. The summed E-state index contributed by atoms with van der Waals surface area (Å²) in [7, 11) is 0. The number of aromatic nitrogens is 1. The molecule has 0 saturated carbocycles. The maximum atomic E-state index is 12.1. The van der Waals surface area contributed by atoms with Crippen molar-refractivity contribution in [2.24, 2.45) is 5.73 Å². The Labute approximate surface area is 134 Å². The van der Waals surface area contributed by atoms with Crippen LogP contribution in [0.5, 0.6) is 5.75 Å². The van der Waals surface area contributed by atoms with Crippen LogP contribution in [-0.4, -0.2) is 35.0 Å². The smallest absolute Gasteiger partial charge is 0.276 e. The number of nitrogens with zero attached hydrogens (tertiary/aromatic N) is 2. The maximum absolute atomic E-state index is 12.1. The molecule has 1 aliphatic rings. The fourth-order valence-electron chi connectivity index (χ4n) is 2.22. The zero-order valence-electron chi connectivity index (χ0n) is 12.2. The van der Waals surface area contributed by atoms with Crippen LogP contribution in [0.3, 0.4) is 0 Å². The first kappa shape index (κ1) is 16.3. The summed E-state index contributed by atoms with van der Waals surface area (Å²) in [6.07, 6.45) is 1.37. The van der Waals surface area contributed by atoms with E-state index < -0.39 is 0 Å². The summed E-state index contributed by atoms with van der Waals surface area (Å²) in [5.41, 5.74) is 6.85. The molecule has 2 aromatic rings. The molecule has 22 heavy (non-hydrogen) atoms. The molecule has 0 radical (unpaired) electrons. The molecule has 1 aromatic carbocycles. The number of oxazole rings is 1. The number of rotatable bonds is 4. The average molecular weight is 324 g/mol. The van der Waals surface area contributed by atoms with Crippen molar-refractivity contribution in [1.29, 1.82) is 0 Å². The highest BCUT2D eigenvalue weighted by atomic mass is 35.5. The Balaban J connectivity index is 0.00000176. The molecule has 0 spiro atoms. The van der Waals surface area contributed by atoms with Crippen molar-refractivity contribution in [1.82, 2.24) is 9.88 Å². The van der Waals surface area contributed by atoms with E-state index in [-0.39, 0.29) is 31.0 Å². The highest BCUT2D eigenvalue weighted by molar-refractivity contribution is 5.92. The van der Waals surface area contributed by atoms with Gasteiger partial charge in [-0.05, 0) is 24.6 Å². The normalized spacial score (nSPS) is 14.2. The van der Waals surface area contributed by atoms with Crippen LogP contribution >= 0.6 is 12.4 Å². The molecule has 1 fully saturated rings. The molecule has 118 valence electrons. The molecule has 0 bridgehead atoms. The van der Waals surface area contributed by atoms with Crippen molar-refractivity contribution in [2.45, 2.75) is 19.6 Å². The van der Waals surface area contributed by atoms with Crippen LogP contribution < -0.4 is 10.5 Å². The Kier molecular flexibility index (Phi) is 5.05. The predicted molar refractivity (Wildman–Crippen MR) is 83.1 cm³/mol. The number of ether oxygens (including phenoxy) is 1. The second-order valence-corrected chi connectivity index (χ2v) is 5.10. The van der Waals surface area contributed by atoms with E-state index in [0.29, 0.717) is 24.7 Å². The molecule has 1 saturated heterocycles. The topological polar surface area (TPSA) is 81.6 Å². The van der Waals surface area contributed by atoms with E-state index in [9.17, 15) is 4.79 Å². The summed E-state index contributed by atoms with van der Waals surface area (Å²) >= 11 is 0. The average Bonchev–Trinajstić information content (AvgIpc) is 2.91. The number of carbonyl (C=O) groups is 1. The highest BCUT2D eigenvalue weighted by Gasteiger charge is 2.34. The van der Waals surface area contributed by atoms with Crippen molar-refractivity contribution >= 4 is 18.3 Å². The van der Waals surface area contributed by atoms with Gasteiger partial charge in [0, 0.05) is 0 Å². The second kappa shape index (κ2) is 6.81. The number of hydrogen-bond acceptors (Lipinski definition) is 5. The zero-order valence-corrected chi connectivity index (χ0v) is 13.0. The maximum Gasteiger partial charge on any atom is 0.276 e. The lowest BCUT2D eigenvalue weighted by Gasteiger charge is -2.38. The summed E-state index contributed by atoms with van der Waals surface area (Å²) in [6, 6.07) is 7.87. The molecule has 3 rings (SSSR count). The van der Waals surface area contributed by atoms with Gasteiger partial charge in [-0.3, -0.25) is 4.79 Å². The summed E-state index contributed by atoms with van der Waals surface area (Å²) in [5.74, 6) is 1.05. The van der Waals surface area contributed by atoms with E-state index in [0.717, 1.165) is 11.3 Å². The van der Waals surface area contributed by atoms with E-state index in [2.05, 4.69) is 4.98 Å². The fourth-order valence-corrected chi connectivity index (χ4v) is 2.22. The van der Waals surface area contributed by atoms with Crippen LogP contribution in [0.15, 0.2) is 34.9 Å². The first-order valence-electron chi connectivity index (χ1n) is 6.83. The van der Waals surface area contributed by atoms with E-state index >= 15 is 0 Å². The molecule has 1 aromatic heterocycles. The number of amides is 1.